The first-order valence-corrected chi connectivity index (χ1v) is 6.32. The molecule has 1 saturated carbocycles. The molecule has 0 aromatic carbocycles. The highest BCUT2D eigenvalue weighted by Crippen LogP contribution is 2.42. The number of hydrogen-bond acceptors (Lipinski definition) is 2. The third-order valence-corrected chi connectivity index (χ3v) is 3.99. The molecule has 2 unspecified atom stereocenters. The SMILES string of the molecule is COCCCC(N)C1CCCCC1(C)C. The molecule has 1 aliphatic rings. The van der Waals surface area contributed by atoms with E-state index in [1.807, 2.05) is 0 Å². The van der Waals surface area contributed by atoms with Crippen LogP contribution in [0, 0.1) is 11.3 Å². The van der Waals surface area contributed by atoms with Crippen molar-refractivity contribution in [3.8, 4) is 0 Å². The third kappa shape index (κ3) is 3.76. The van der Waals surface area contributed by atoms with E-state index in [2.05, 4.69) is 13.8 Å². The zero-order chi connectivity index (χ0) is 11.3. The van der Waals surface area contributed by atoms with Gasteiger partial charge in [-0.25, -0.2) is 0 Å². The van der Waals surface area contributed by atoms with Gasteiger partial charge < -0.3 is 10.5 Å². The van der Waals surface area contributed by atoms with E-state index in [9.17, 15) is 0 Å². The summed E-state index contributed by atoms with van der Waals surface area (Å²) in [6.45, 7) is 5.61. The lowest BCUT2D eigenvalue weighted by Gasteiger charge is -2.42. The zero-order valence-electron chi connectivity index (χ0n) is 10.6. The summed E-state index contributed by atoms with van der Waals surface area (Å²) in [4.78, 5) is 0. The first-order valence-electron chi connectivity index (χ1n) is 6.32. The minimum absolute atomic E-state index is 0.371. The molecule has 2 N–H and O–H groups in total. The predicted octanol–water partition coefficient (Wildman–Crippen LogP) is 2.96. The first kappa shape index (κ1) is 13.0. The number of rotatable bonds is 5. The smallest absolute Gasteiger partial charge is 0.0462 e. The highest BCUT2D eigenvalue weighted by atomic mass is 16.5. The molecule has 0 aliphatic heterocycles. The van der Waals surface area contributed by atoms with E-state index in [0.29, 0.717) is 17.4 Å². The minimum Gasteiger partial charge on any atom is -0.385 e. The summed E-state index contributed by atoms with van der Waals surface area (Å²) in [7, 11) is 1.76. The molecule has 0 saturated heterocycles. The molecule has 0 aromatic rings. The molecule has 1 aliphatic carbocycles. The number of nitrogens with two attached hydrogens (primary N) is 1. The van der Waals surface area contributed by atoms with Gasteiger partial charge in [-0.05, 0) is 37.0 Å². The summed E-state index contributed by atoms with van der Waals surface area (Å²) in [5.74, 6) is 0.711. The maximum absolute atomic E-state index is 6.31. The fourth-order valence-electron chi connectivity index (χ4n) is 2.98. The Hall–Kier alpha value is -0.0800. The van der Waals surface area contributed by atoms with E-state index >= 15 is 0 Å². The molecular weight excluding hydrogens is 186 g/mol. The van der Waals surface area contributed by atoms with Crippen LogP contribution < -0.4 is 5.73 Å². The Morgan fingerprint density at radius 3 is 2.73 bits per heavy atom. The zero-order valence-corrected chi connectivity index (χ0v) is 10.6. The van der Waals surface area contributed by atoms with Gasteiger partial charge in [0.1, 0.15) is 0 Å². The van der Waals surface area contributed by atoms with Gasteiger partial charge in [0.2, 0.25) is 0 Å². The Kier molecular flexibility index (Phi) is 5.07. The van der Waals surface area contributed by atoms with Crippen LogP contribution in [-0.2, 0) is 4.74 Å². The second-order valence-electron chi connectivity index (χ2n) is 5.64. The van der Waals surface area contributed by atoms with E-state index in [1.165, 1.54) is 25.7 Å². The molecule has 0 bridgehead atoms. The molecule has 90 valence electrons. The standard InChI is InChI=1S/C13H27NO/c1-13(2)9-5-4-7-11(13)12(14)8-6-10-15-3/h11-12H,4-10,14H2,1-3H3. The lowest BCUT2D eigenvalue weighted by molar-refractivity contribution is 0.103. The predicted molar refractivity (Wildman–Crippen MR) is 64.8 cm³/mol. The Morgan fingerprint density at radius 2 is 2.13 bits per heavy atom. The van der Waals surface area contributed by atoms with Crippen LogP contribution in [0.2, 0.25) is 0 Å². The Labute approximate surface area is 94.6 Å². The van der Waals surface area contributed by atoms with E-state index in [-0.39, 0.29) is 0 Å². The highest BCUT2D eigenvalue weighted by Gasteiger charge is 2.35. The Balaban J connectivity index is 2.38. The largest absolute Gasteiger partial charge is 0.385 e. The summed E-state index contributed by atoms with van der Waals surface area (Å²) in [5.41, 5.74) is 6.76. The molecule has 0 heterocycles. The van der Waals surface area contributed by atoms with Crippen LogP contribution in [0.4, 0.5) is 0 Å². The van der Waals surface area contributed by atoms with E-state index in [1.54, 1.807) is 7.11 Å². The van der Waals surface area contributed by atoms with Crippen LogP contribution in [0.15, 0.2) is 0 Å². The Bertz CT molecular complexity index is 179. The fraction of sp³-hybridized carbons (Fsp3) is 1.00. The number of ether oxygens (including phenoxy) is 1. The summed E-state index contributed by atoms with van der Waals surface area (Å²) in [6, 6.07) is 0.371. The van der Waals surface area contributed by atoms with Gasteiger partial charge in [0, 0.05) is 19.8 Å². The minimum atomic E-state index is 0.371. The second kappa shape index (κ2) is 5.86. The molecule has 2 atom stereocenters. The lowest BCUT2D eigenvalue weighted by Crippen LogP contribution is -2.41. The average Bonchev–Trinajstić information content (AvgIpc) is 2.17. The molecule has 2 heteroatoms. The van der Waals surface area contributed by atoms with Gasteiger partial charge in [0.15, 0.2) is 0 Å². The van der Waals surface area contributed by atoms with Crippen LogP contribution in [0.5, 0.6) is 0 Å². The molecule has 2 nitrogen and oxygen atoms in total. The molecule has 0 amide bonds. The molecule has 1 fully saturated rings. The van der Waals surface area contributed by atoms with Crippen molar-refractivity contribution < 1.29 is 4.74 Å². The molecular formula is C13H27NO. The van der Waals surface area contributed by atoms with Crippen LogP contribution >= 0.6 is 0 Å². The van der Waals surface area contributed by atoms with Crippen molar-refractivity contribution in [1.29, 1.82) is 0 Å². The topological polar surface area (TPSA) is 35.2 Å². The van der Waals surface area contributed by atoms with Gasteiger partial charge in [0.25, 0.3) is 0 Å². The van der Waals surface area contributed by atoms with Gasteiger partial charge in [-0.15, -0.1) is 0 Å². The van der Waals surface area contributed by atoms with Crippen molar-refractivity contribution in [3.05, 3.63) is 0 Å². The van der Waals surface area contributed by atoms with Crippen LogP contribution in [-0.4, -0.2) is 19.8 Å². The van der Waals surface area contributed by atoms with Gasteiger partial charge in [-0.3, -0.25) is 0 Å². The average molecular weight is 213 g/mol. The quantitative estimate of drug-likeness (QED) is 0.713. The second-order valence-corrected chi connectivity index (χ2v) is 5.64. The first-order chi connectivity index (χ1) is 7.08. The summed E-state index contributed by atoms with van der Waals surface area (Å²) in [5, 5.41) is 0. The molecule has 0 radical (unpaired) electrons. The maximum Gasteiger partial charge on any atom is 0.0462 e. The number of methoxy groups -OCH3 is 1. The van der Waals surface area contributed by atoms with E-state index in [4.69, 9.17) is 10.5 Å². The maximum atomic E-state index is 6.31. The van der Waals surface area contributed by atoms with E-state index in [0.717, 1.165) is 19.4 Å². The van der Waals surface area contributed by atoms with Crippen molar-refractivity contribution in [2.45, 2.75) is 58.4 Å². The molecule has 0 aromatic heterocycles. The lowest BCUT2D eigenvalue weighted by atomic mass is 9.65. The van der Waals surface area contributed by atoms with Gasteiger partial charge in [-0.2, -0.15) is 0 Å². The Morgan fingerprint density at radius 1 is 1.40 bits per heavy atom. The van der Waals surface area contributed by atoms with Crippen molar-refractivity contribution in [2.75, 3.05) is 13.7 Å². The molecule has 15 heavy (non-hydrogen) atoms. The molecule has 0 spiro atoms. The molecule has 1 rings (SSSR count). The monoisotopic (exact) mass is 213 g/mol. The normalized spacial score (nSPS) is 27.6. The van der Waals surface area contributed by atoms with Crippen molar-refractivity contribution in [2.24, 2.45) is 17.1 Å². The number of hydrogen-bond donors (Lipinski definition) is 1. The third-order valence-electron chi connectivity index (χ3n) is 3.99. The summed E-state index contributed by atoms with van der Waals surface area (Å²) >= 11 is 0. The summed E-state index contributed by atoms with van der Waals surface area (Å²) < 4.78 is 5.08. The van der Waals surface area contributed by atoms with Crippen LogP contribution in [0.25, 0.3) is 0 Å². The highest BCUT2D eigenvalue weighted by molar-refractivity contribution is 4.88. The van der Waals surface area contributed by atoms with Gasteiger partial charge in [-0.1, -0.05) is 26.7 Å². The van der Waals surface area contributed by atoms with Crippen molar-refractivity contribution in [1.82, 2.24) is 0 Å². The van der Waals surface area contributed by atoms with Gasteiger partial charge in [0.05, 0.1) is 0 Å². The van der Waals surface area contributed by atoms with Crippen LogP contribution in [0.3, 0.4) is 0 Å². The summed E-state index contributed by atoms with van der Waals surface area (Å²) in [6.07, 6.45) is 7.63. The van der Waals surface area contributed by atoms with Crippen molar-refractivity contribution in [3.63, 3.8) is 0 Å². The van der Waals surface area contributed by atoms with Gasteiger partial charge >= 0.3 is 0 Å². The van der Waals surface area contributed by atoms with Crippen molar-refractivity contribution >= 4 is 0 Å². The van der Waals surface area contributed by atoms with E-state index < -0.39 is 0 Å². The fourth-order valence-corrected chi connectivity index (χ4v) is 2.98. The van der Waals surface area contributed by atoms with Crippen LogP contribution in [0.1, 0.15) is 52.4 Å².